The van der Waals surface area contributed by atoms with Gasteiger partial charge in [0.15, 0.2) is 0 Å². The lowest BCUT2D eigenvalue weighted by atomic mass is 10.0. The Labute approximate surface area is 119 Å². The fourth-order valence-corrected chi connectivity index (χ4v) is 3.15. The van der Waals surface area contributed by atoms with Crippen molar-refractivity contribution in [1.29, 1.82) is 0 Å². The lowest BCUT2D eigenvalue weighted by molar-refractivity contribution is -0.131. The quantitative estimate of drug-likeness (QED) is 0.765. The molecule has 3 aliphatic heterocycles. The zero-order chi connectivity index (χ0) is 13.9. The van der Waals surface area contributed by atoms with E-state index in [2.05, 4.69) is 4.90 Å². The Kier molecular flexibility index (Phi) is 4.12. The van der Waals surface area contributed by atoms with E-state index >= 15 is 0 Å². The molecule has 2 N–H and O–H groups in total. The Morgan fingerprint density at radius 3 is 2.70 bits per heavy atom. The van der Waals surface area contributed by atoms with Crippen LogP contribution in [0, 0.1) is 0 Å². The number of likely N-dealkylation sites (tertiary alicyclic amines) is 2. The van der Waals surface area contributed by atoms with Gasteiger partial charge < -0.3 is 20.1 Å². The maximum Gasteiger partial charge on any atom is 0.292 e. The molecule has 0 aromatic rings. The van der Waals surface area contributed by atoms with E-state index in [9.17, 15) is 4.79 Å². The molecule has 2 saturated heterocycles. The fourth-order valence-electron chi connectivity index (χ4n) is 3.15. The zero-order valence-corrected chi connectivity index (χ0v) is 11.8. The number of nitrogens with zero attached hydrogens (tertiary/aromatic N) is 2. The van der Waals surface area contributed by atoms with E-state index < -0.39 is 0 Å². The van der Waals surface area contributed by atoms with Crippen LogP contribution in [0.4, 0.5) is 0 Å². The average Bonchev–Trinajstić information content (AvgIpc) is 2.98. The molecule has 0 bridgehead atoms. The molecule has 3 rings (SSSR count). The smallest absolute Gasteiger partial charge is 0.292 e. The van der Waals surface area contributed by atoms with Crippen LogP contribution in [-0.2, 0) is 14.3 Å². The summed E-state index contributed by atoms with van der Waals surface area (Å²) in [6.07, 6.45) is 4.60. The summed E-state index contributed by atoms with van der Waals surface area (Å²) in [6, 6.07) is 0.819. The van der Waals surface area contributed by atoms with Crippen molar-refractivity contribution in [3.05, 3.63) is 12.0 Å². The summed E-state index contributed by atoms with van der Waals surface area (Å²) >= 11 is 0. The number of hydrogen-bond donors (Lipinski definition) is 1. The van der Waals surface area contributed by atoms with Crippen LogP contribution in [0.5, 0.6) is 0 Å². The third-order valence-electron chi connectivity index (χ3n) is 4.40. The van der Waals surface area contributed by atoms with E-state index in [-0.39, 0.29) is 5.91 Å². The van der Waals surface area contributed by atoms with E-state index in [4.69, 9.17) is 15.2 Å². The maximum atomic E-state index is 12.3. The summed E-state index contributed by atoms with van der Waals surface area (Å²) in [5.74, 6) is 0.304. The number of amides is 1. The van der Waals surface area contributed by atoms with E-state index in [0.29, 0.717) is 31.1 Å². The van der Waals surface area contributed by atoms with Crippen molar-refractivity contribution in [1.82, 2.24) is 9.80 Å². The Morgan fingerprint density at radius 2 is 2.00 bits per heavy atom. The van der Waals surface area contributed by atoms with Gasteiger partial charge in [0.1, 0.15) is 19.5 Å². The number of rotatable bonds is 2. The minimum atomic E-state index is -0.0408. The number of hydrogen-bond acceptors (Lipinski definition) is 5. The van der Waals surface area contributed by atoms with E-state index in [1.165, 1.54) is 6.26 Å². The molecule has 6 heteroatoms. The van der Waals surface area contributed by atoms with Crippen LogP contribution < -0.4 is 5.73 Å². The van der Waals surface area contributed by atoms with Crippen molar-refractivity contribution in [2.24, 2.45) is 5.73 Å². The molecule has 0 saturated carbocycles. The van der Waals surface area contributed by atoms with Crippen molar-refractivity contribution >= 4 is 5.91 Å². The highest BCUT2D eigenvalue weighted by atomic mass is 16.6. The fraction of sp³-hybridized carbons (Fsp3) is 0.786. The summed E-state index contributed by atoms with van der Waals surface area (Å²) in [6.45, 7) is 4.67. The first-order chi connectivity index (χ1) is 9.74. The minimum absolute atomic E-state index is 0.0408. The Bertz CT molecular complexity index is 391. The van der Waals surface area contributed by atoms with Crippen molar-refractivity contribution in [2.75, 3.05) is 39.4 Å². The molecule has 0 spiro atoms. The largest absolute Gasteiger partial charge is 0.494 e. The molecule has 0 aliphatic carbocycles. The van der Waals surface area contributed by atoms with Gasteiger partial charge in [0.2, 0.25) is 5.76 Å². The summed E-state index contributed by atoms with van der Waals surface area (Å²) in [7, 11) is 0. The second kappa shape index (κ2) is 6.01. The predicted octanol–water partition coefficient (Wildman–Crippen LogP) is -0.101. The van der Waals surface area contributed by atoms with Crippen molar-refractivity contribution in [3.8, 4) is 0 Å². The summed E-state index contributed by atoms with van der Waals surface area (Å²) in [5.41, 5.74) is 5.94. The Hall–Kier alpha value is -1.27. The molecule has 2 fully saturated rings. The third kappa shape index (κ3) is 2.91. The normalized spacial score (nSPS) is 28.8. The van der Waals surface area contributed by atoms with E-state index in [1.54, 1.807) is 0 Å². The number of piperidine rings is 1. The van der Waals surface area contributed by atoms with Gasteiger partial charge in [-0.1, -0.05) is 0 Å². The summed E-state index contributed by atoms with van der Waals surface area (Å²) in [5, 5.41) is 0. The molecular weight excluding hydrogens is 258 g/mol. The Balaban J connectivity index is 1.54. The predicted molar refractivity (Wildman–Crippen MR) is 73.8 cm³/mol. The van der Waals surface area contributed by atoms with Gasteiger partial charge in [-0.15, -0.1) is 0 Å². The molecule has 0 radical (unpaired) electrons. The highest BCUT2D eigenvalue weighted by molar-refractivity contribution is 5.91. The van der Waals surface area contributed by atoms with Crippen molar-refractivity contribution in [3.63, 3.8) is 0 Å². The number of carbonyl (C=O) groups excluding carboxylic acids is 1. The van der Waals surface area contributed by atoms with Crippen LogP contribution >= 0.6 is 0 Å². The van der Waals surface area contributed by atoms with Gasteiger partial charge in [0, 0.05) is 25.2 Å². The lowest BCUT2D eigenvalue weighted by Gasteiger charge is -2.34. The zero-order valence-electron chi connectivity index (χ0n) is 11.8. The third-order valence-corrected chi connectivity index (χ3v) is 4.40. The number of nitrogens with two attached hydrogens (primary N) is 1. The van der Waals surface area contributed by atoms with E-state index in [0.717, 1.165) is 45.4 Å². The van der Waals surface area contributed by atoms with Crippen LogP contribution in [0.1, 0.15) is 19.3 Å². The van der Waals surface area contributed by atoms with Crippen LogP contribution in [0.15, 0.2) is 12.0 Å². The van der Waals surface area contributed by atoms with Gasteiger partial charge in [-0.2, -0.15) is 0 Å². The number of ether oxygens (including phenoxy) is 2. The number of carbonyl (C=O) groups is 1. The molecule has 3 aliphatic rings. The lowest BCUT2D eigenvalue weighted by Crippen LogP contribution is -2.46. The molecule has 6 nitrogen and oxygen atoms in total. The highest BCUT2D eigenvalue weighted by Crippen LogP contribution is 2.21. The van der Waals surface area contributed by atoms with Crippen molar-refractivity contribution in [2.45, 2.75) is 31.3 Å². The molecular formula is C14H23N3O3. The molecule has 1 amide bonds. The molecule has 0 aromatic carbocycles. The van der Waals surface area contributed by atoms with Crippen LogP contribution in [0.3, 0.4) is 0 Å². The summed E-state index contributed by atoms with van der Waals surface area (Å²) in [4.78, 5) is 16.6. The Morgan fingerprint density at radius 1 is 1.20 bits per heavy atom. The van der Waals surface area contributed by atoms with Gasteiger partial charge >= 0.3 is 0 Å². The first-order valence-electron chi connectivity index (χ1n) is 7.47. The first kappa shape index (κ1) is 13.7. The van der Waals surface area contributed by atoms with Gasteiger partial charge in [-0.3, -0.25) is 9.69 Å². The second-order valence-corrected chi connectivity index (χ2v) is 5.77. The van der Waals surface area contributed by atoms with Gasteiger partial charge in [0.05, 0.1) is 0 Å². The molecule has 3 heterocycles. The molecule has 1 unspecified atom stereocenters. The highest BCUT2D eigenvalue weighted by Gasteiger charge is 2.33. The summed E-state index contributed by atoms with van der Waals surface area (Å²) < 4.78 is 10.5. The molecule has 1 atom stereocenters. The molecule has 20 heavy (non-hydrogen) atoms. The standard InChI is InChI=1S/C14H23N3O3/c15-11-1-4-16(5-2-11)12-3-6-17(9-12)14(18)13-10-19-7-8-20-13/h10-12H,1-9,15H2. The van der Waals surface area contributed by atoms with Crippen LogP contribution in [-0.4, -0.2) is 67.2 Å². The monoisotopic (exact) mass is 281 g/mol. The van der Waals surface area contributed by atoms with Gasteiger partial charge in [0.25, 0.3) is 5.91 Å². The van der Waals surface area contributed by atoms with Crippen LogP contribution in [0.25, 0.3) is 0 Å². The van der Waals surface area contributed by atoms with Gasteiger partial charge in [-0.05, 0) is 32.4 Å². The topological polar surface area (TPSA) is 68.0 Å². The van der Waals surface area contributed by atoms with Crippen LogP contribution in [0.2, 0.25) is 0 Å². The minimum Gasteiger partial charge on any atom is -0.494 e. The molecule has 0 aromatic heterocycles. The SMILES string of the molecule is NC1CCN(C2CCN(C(=O)C3=COCCO3)C2)CC1. The first-order valence-corrected chi connectivity index (χ1v) is 7.47. The molecule has 112 valence electrons. The van der Waals surface area contributed by atoms with Gasteiger partial charge in [-0.25, -0.2) is 0 Å². The van der Waals surface area contributed by atoms with E-state index in [1.807, 2.05) is 4.90 Å². The average molecular weight is 281 g/mol. The second-order valence-electron chi connectivity index (χ2n) is 5.77. The maximum absolute atomic E-state index is 12.3. The van der Waals surface area contributed by atoms with Crippen molar-refractivity contribution < 1.29 is 14.3 Å².